The van der Waals surface area contributed by atoms with Crippen molar-refractivity contribution in [3.8, 4) is 0 Å². The fraction of sp³-hybridized carbons (Fsp3) is 0.774. The molecule has 0 spiro atoms. The van der Waals surface area contributed by atoms with Crippen LogP contribution in [0, 0.1) is 0 Å². The Morgan fingerprint density at radius 3 is 2.36 bits per heavy atom. The van der Waals surface area contributed by atoms with Crippen LogP contribution < -0.4 is 10.6 Å². The van der Waals surface area contributed by atoms with E-state index in [2.05, 4.69) is 35.8 Å². The first-order valence-corrected chi connectivity index (χ1v) is 15.7. The summed E-state index contributed by atoms with van der Waals surface area (Å²) in [5, 5.41) is 5.54. The predicted octanol–water partition coefficient (Wildman–Crippen LogP) is 3.49. The summed E-state index contributed by atoms with van der Waals surface area (Å²) in [6.07, 6.45) is 15.9. The Morgan fingerprint density at radius 2 is 1.81 bits per heavy atom. The van der Waals surface area contributed by atoms with E-state index in [1.54, 1.807) is 4.90 Å². The number of rotatable bonds is 11. The number of amides is 3. The molecule has 0 aromatic rings. The van der Waals surface area contributed by atoms with Crippen molar-refractivity contribution >= 4 is 25.3 Å². The molecule has 2 N–H and O–H groups in total. The third-order valence-corrected chi connectivity index (χ3v) is 8.72. The molecule has 3 fully saturated rings. The lowest BCUT2D eigenvalue weighted by molar-refractivity contribution is -0.138. The maximum atomic E-state index is 13.2. The average Bonchev–Trinajstić information content (AvgIpc) is 3.20. The number of ether oxygens (including phenoxy) is 2. The topological polar surface area (TPSA) is 115 Å². The molecule has 11 heteroatoms. The van der Waals surface area contributed by atoms with Crippen LogP contribution in [0.25, 0.3) is 0 Å². The van der Waals surface area contributed by atoms with E-state index in [1.807, 2.05) is 27.7 Å². The van der Waals surface area contributed by atoms with Gasteiger partial charge in [0.05, 0.1) is 42.9 Å². The van der Waals surface area contributed by atoms with E-state index in [0.29, 0.717) is 45.2 Å². The van der Waals surface area contributed by atoms with Crippen molar-refractivity contribution in [3.63, 3.8) is 0 Å². The first kappa shape index (κ1) is 34.3. The first-order chi connectivity index (χ1) is 20.0. The minimum atomic E-state index is -0.975. The second-order valence-electron chi connectivity index (χ2n) is 12.6. The van der Waals surface area contributed by atoms with E-state index in [-0.39, 0.29) is 12.3 Å². The average molecular weight is 590 g/mol. The van der Waals surface area contributed by atoms with Crippen molar-refractivity contribution in [1.82, 2.24) is 15.5 Å². The summed E-state index contributed by atoms with van der Waals surface area (Å²) in [7, 11) is -0.633. The highest BCUT2D eigenvalue weighted by Crippen LogP contribution is 2.38. The van der Waals surface area contributed by atoms with Gasteiger partial charge in [0.25, 0.3) is 0 Å². The smallest absolute Gasteiger partial charge is 0.402 e. The third kappa shape index (κ3) is 10.5. The molecule has 3 heterocycles. The molecular weight excluding hydrogens is 537 g/mol. The fourth-order valence-corrected chi connectivity index (χ4v) is 5.32. The summed E-state index contributed by atoms with van der Waals surface area (Å²) in [6.45, 7) is 12.9. The molecule has 3 amide bonds. The van der Waals surface area contributed by atoms with Gasteiger partial charge in [0, 0.05) is 19.7 Å². The molecule has 0 bridgehead atoms. The summed E-state index contributed by atoms with van der Waals surface area (Å²) in [6, 6.07) is -0.975. The lowest BCUT2D eigenvalue weighted by Crippen LogP contribution is -2.55. The van der Waals surface area contributed by atoms with Gasteiger partial charge in [-0.15, -0.1) is 0 Å². The minimum Gasteiger partial charge on any atom is -0.402 e. The van der Waals surface area contributed by atoms with Gasteiger partial charge < -0.3 is 34.3 Å². The SMILES string of the molecule is CC1(C)OB(C(CCCC2=CCCC=C2)NC(=O)C(CC(=O)N2CCOCC2)NC=O)OC1(C)C.CC1CCCCO1. The van der Waals surface area contributed by atoms with Crippen LogP contribution in [0.5, 0.6) is 0 Å². The Balaban J connectivity index is 0.000000603. The molecule has 3 saturated heterocycles. The van der Waals surface area contributed by atoms with Gasteiger partial charge >= 0.3 is 7.12 Å². The van der Waals surface area contributed by atoms with E-state index in [0.717, 1.165) is 32.3 Å². The maximum Gasteiger partial charge on any atom is 0.481 e. The largest absolute Gasteiger partial charge is 0.481 e. The first-order valence-electron chi connectivity index (χ1n) is 15.7. The predicted molar refractivity (Wildman–Crippen MR) is 163 cm³/mol. The quantitative estimate of drug-likeness (QED) is 0.280. The second kappa shape index (κ2) is 16.6. The van der Waals surface area contributed by atoms with E-state index < -0.39 is 36.2 Å². The molecular formula is C31H52BN3O7. The van der Waals surface area contributed by atoms with Gasteiger partial charge in [-0.1, -0.05) is 23.8 Å². The highest BCUT2D eigenvalue weighted by atomic mass is 16.7. The number of carbonyl (C=O) groups is 3. The van der Waals surface area contributed by atoms with E-state index in [1.165, 1.54) is 24.8 Å². The maximum absolute atomic E-state index is 13.2. The lowest BCUT2D eigenvalue weighted by atomic mass is 9.75. The van der Waals surface area contributed by atoms with Crippen molar-refractivity contribution in [2.24, 2.45) is 0 Å². The van der Waals surface area contributed by atoms with Gasteiger partial charge in [-0.2, -0.15) is 0 Å². The summed E-state index contributed by atoms with van der Waals surface area (Å²) in [4.78, 5) is 38.9. The van der Waals surface area contributed by atoms with Crippen LogP contribution >= 0.6 is 0 Å². The second-order valence-corrected chi connectivity index (χ2v) is 12.6. The van der Waals surface area contributed by atoms with Crippen LogP contribution in [0.2, 0.25) is 0 Å². The normalized spacial score (nSPS) is 24.5. The Bertz CT molecular complexity index is 927. The van der Waals surface area contributed by atoms with Crippen LogP contribution in [0.15, 0.2) is 23.8 Å². The standard InChI is InChI=1S/C25H40BN3O6.C6H12O/c1-24(2)25(3,4)35-26(34-24)21(12-8-11-19-9-6-5-7-10-19)28-23(32)20(27-18-30)17-22(31)29-13-15-33-16-14-29;1-6-4-2-3-5-7-6/h6,9-10,18,20-21H,5,7-8,11-17H2,1-4H3,(H,27,30)(H,28,32);6H,2-5H2,1H3. The van der Waals surface area contributed by atoms with Crippen molar-refractivity contribution < 1.29 is 33.2 Å². The molecule has 0 aromatic carbocycles. The molecule has 4 rings (SSSR count). The van der Waals surface area contributed by atoms with Crippen molar-refractivity contribution in [3.05, 3.63) is 23.8 Å². The molecule has 3 atom stereocenters. The Hall–Kier alpha value is -2.21. The highest BCUT2D eigenvalue weighted by molar-refractivity contribution is 6.48. The molecule has 0 aromatic heterocycles. The van der Waals surface area contributed by atoms with Crippen LogP contribution in [0.4, 0.5) is 0 Å². The summed E-state index contributed by atoms with van der Waals surface area (Å²) in [5.74, 6) is -1.03. The van der Waals surface area contributed by atoms with Crippen molar-refractivity contribution in [2.45, 2.75) is 122 Å². The molecule has 0 saturated carbocycles. The van der Waals surface area contributed by atoms with Crippen molar-refractivity contribution in [1.29, 1.82) is 0 Å². The summed E-state index contributed by atoms with van der Waals surface area (Å²) < 4.78 is 23.1. The van der Waals surface area contributed by atoms with E-state index in [9.17, 15) is 14.4 Å². The fourth-order valence-electron chi connectivity index (χ4n) is 5.32. The molecule has 0 radical (unpaired) electrons. The number of nitrogens with one attached hydrogen (secondary N) is 2. The minimum absolute atomic E-state index is 0.113. The molecule has 42 heavy (non-hydrogen) atoms. The number of nitrogens with zero attached hydrogens (tertiary/aromatic N) is 1. The Morgan fingerprint density at radius 1 is 1.10 bits per heavy atom. The van der Waals surface area contributed by atoms with E-state index >= 15 is 0 Å². The van der Waals surface area contributed by atoms with Gasteiger partial charge in [0.2, 0.25) is 18.2 Å². The number of hydrogen-bond donors (Lipinski definition) is 2. The third-order valence-electron chi connectivity index (χ3n) is 8.72. The number of hydrogen-bond acceptors (Lipinski definition) is 7. The highest BCUT2D eigenvalue weighted by Gasteiger charge is 2.54. The van der Waals surface area contributed by atoms with Crippen LogP contribution in [0.3, 0.4) is 0 Å². The Labute approximate surface area is 252 Å². The van der Waals surface area contributed by atoms with Gasteiger partial charge in [0.1, 0.15) is 6.04 Å². The molecule has 236 valence electrons. The summed E-state index contributed by atoms with van der Waals surface area (Å²) in [5.41, 5.74) is 0.219. The van der Waals surface area contributed by atoms with Gasteiger partial charge in [-0.25, -0.2) is 0 Å². The van der Waals surface area contributed by atoms with Gasteiger partial charge in [-0.3, -0.25) is 14.4 Å². The zero-order chi connectivity index (χ0) is 30.6. The number of allylic oxidation sites excluding steroid dienone is 4. The molecule has 3 unspecified atom stereocenters. The molecule has 1 aliphatic carbocycles. The Kier molecular flexibility index (Phi) is 13.5. The number of carbonyl (C=O) groups excluding carboxylic acids is 3. The molecule has 10 nitrogen and oxygen atoms in total. The van der Waals surface area contributed by atoms with Crippen LogP contribution in [-0.2, 0) is 33.2 Å². The zero-order valence-electron chi connectivity index (χ0n) is 26.3. The molecule has 4 aliphatic rings. The number of morpholine rings is 1. The lowest BCUT2D eigenvalue weighted by Gasteiger charge is -2.32. The van der Waals surface area contributed by atoms with Gasteiger partial charge in [0.15, 0.2) is 0 Å². The zero-order valence-corrected chi connectivity index (χ0v) is 26.3. The molecule has 3 aliphatic heterocycles. The summed E-state index contributed by atoms with van der Waals surface area (Å²) >= 11 is 0. The van der Waals surface area contributed by atoms with Crippen molar-refractivity contribution in [2.75, 3.05) is 32.9 Å². The van der Waals surface area contributed by atoms with E-state index in [4.69, 9.17) is 18.8 Å². The van der Waals surface area contributed by atoms with Gasteiger partial charge in [-0.05, 0) is 86.0 Å². The van der Waals surface area contributed by atoms with Crippen LogP contribution in [0.1, 0.15) is 92.4 Å². The van der Waals surface area contributed by atoms with Crippen LogP contribution in [-0.4, -0.2) is 92.4 Å². The monoisotopic (exact) mass is 589 g/mol.